The molecule has 5 nitrogen and oxygen atoms in total. The summed E-state index contributed by atoms with van der Waals surface area (Å²) in [5.41, 5.74) is 1.34. The lowest BCUT2D eigenvalue weighted by molar-refractivity contribution is -0.123. The topological polar surface area (TPSA) is 48.7 Å². The van der Waals surface area contributed by atoms with E-state index in [4.69, 9.17) is 4.42 Å². The standard InChI is InChI=1S/C20H27N3O2/c1-16-8-9-19(25-16)17(2)21-20(24)15-23-12-10-22(11-13-23)14-18-6-4-3-5-7-18/h3-9,17H,10-15H2,1-2H3,(H,21,24). The Morgan fingerprint density at radius 2 is 1.76 bits per heavy atom. The monoisotopic (exact) mass is 341 g/mol. The Bertz CT molecular complexity index is 675. The van der Waals surface area contributed by atoms with E-state index < -0.39 is 0 Å². The molecule has 0 radical (unpaired) electrons. The third kappa shape index (κ3) is 5.18. The van der Waals surface area contributed by atoms with Crippen molar-refractivity contribution in [2.24, 2.45) is 0 Å². The summed E-state index contributed by atoms with van der Waals surface area (Å²) in [5.74, 6) is 1.72. The van der Waals surface area contributed by atoms with Crippen molar-refractivity contribution in [2.75, 3.05) is 32.7 Å². The highest BCUT2D eigenvalue weighted by atomic mass is 16.3. The second-order valence-corrected chi connectivity index (χ2v) is 6.78. The van der Waals surface area contributed by atoms with E-state index in [1.807, 2.05) is 32.0 Å². The number of benzene rings is 1. The molecule has 1 amide bonds. The van der Waals surface area contributed by atoms with Crippen LogP contribution in [-0.4, -0.2) is 48.4 Å². The highest BCUT2D eigenvalue weighted by Crippen LogP contribution is 2.15. The zero-order valence-corrected chi connectivity index (χ0v) is 15.1. The molecule has 1 atom stereocenters. The molecule has 1 aromatic heterocycles. The molecule has 0 bridgehead atoms. The van der Waals surface area contributed by atoms with Gasteiger partial charge in [-0.3, -0.25) is 14.6 Å². The number of furan rings is 1. The van der Waals surface area contributed by atoms with Gasteiger partial charge in [-0.25, -0.2) is 0 Å². The van der Waals surface area contributed by atoms with Crippen molar-refractivity contribution in [1.82, 2.24) is 15.1 Å². The summed E-state index contributed by atoms with van der Waals surface area (Å²) < 4.78 is 5.57. The Morgan fingerprint density at radius 3 is 2.40 bits per heavy atom. The molecule has 0 spiro atoms. The maximum absolute atomic E-state index is 12.3. The predicted octanol–water partition coefficient (Wildman–Crippen LogP) is 2.58. The lowest BCUT2D eigenvalue weighted by atomic mass is 10.2. The summed E-state index contributed by atoms with van der Waals surface area (Å²) in [4.78, 5) is 16.9. The van der Waals surface area contributed by atoms with Crippen LogP contribution in [0.4, 0.5) is 0 Å². The molecule has 3 rings (SSSR count). The van der Waals surface area contributed by atoms with Crippen LogP contribution in [0.1, 0.15) is 30.0 Å². The molecule has 1 N–H and O–H groups in total. The molecule has 5 heteroatoms. The van der Waals surface area contributed by atoms with Gasteiger partial charge in [-0.2, -0.15) is 0 Å². The maximum atomic E-state index is 12.3. The Balaban J connectivity index is 1.40. The normalized spacial score (nSPS) is 17.4. The first-order chi connectivity index (χ1) is 12.1. The molecule has 0 saturated carbocycles. The molecule has 1 fully saturated rings. The van der Waals surface area contributed by atoms with E-state index in [1.54, 1.807) is 0 Å². The largest absolute Gasteiger partial charge is 0.464 e. The van der Waals surface area contributed by atoms with Gasteiger partial charge < -0.3 is 9.73 Å². The number of rotatable bonds is 6. The lowest BCUT2D eigenvalue weighted by Gasteiger charge is -2.34. The minimum atomic E-state index is -0.0967. The SMILES string of the molecule is Cc1ccc(C(C)NC(=O)CN2CCN(Cc3ccccc3)CC2)o1. The van der Waals surface area contributed by atoms with Gasteiger partial charge in [-0.1, -0.05) is 30.3 Å². The second kappa shape index (κ2) is 8.32. The maximum Gasteiger partial charge on any atom is 0.234 e. The average Bonchev–Trinajstić information content (AvgIpc) is 3.04. The van der Waals surface area contributed by atoms with Crippen LogP contribution >= 0.6 is 0 Å². The summed E-state index contributed by atoms with van der Waals surface area (Å²) >= 11 is 0. The summed E-state index contributed by atoms with van der Waals surface area (Å²) in [6.07, 6.45) is 0. The third-order valence-electron chi connectivity index (χ3n) is 4.65. The van der Waals surface area contributed by atoms with E-state index in [0.29, 0.717) is 6.54 Å². The van der Waals surface area contributed by atoms with E-state index in [2.05, 4.69) is 39.4 Å². The van der Waals surface area contributed by atoms with Crippen LogP contribution in [0.3, 0.4) is 0 Å². The fraction of sp³-hybridized carbons (Fsp3) is 0.450. The molecule has 0 aliphatic carbocycles. The molecule has 134 valence electrons. The van der Waals surface area contributed by atoms with E-state index in [-0.39, 0.29) is 11.9 Å². The van der Waals surface area contributed by atoms with Gasteiger partial charge in [0.05, 0.1) is 12.6 Å². The van der Waals surface area contributed by atoms with E-state index in [0.717, 1.165) is 44.2 Å². The number of carbonyl (C=O) groups is 1. The first-order valence-corrected chi connectivity index (χ1v) is 8.94. The molecule has 1 aromatic carbocycles. The Labute approximate surface area is 149 Å². The van der Waals surface area contributed by atoms with E-state index >= 15 is 0 Å². The number of aryl methyl sites for hydroxylation is 1. The summed E-state index contributed by atoms with van der Waals surface area (Å²) in [5, 5.41) is 3.02. The van der Waals surface area contributed by atoms with Crippen LogP contribution in [0.15, 0.2) is 46.9 Å². The average molecular weight is 341 g/mol. The summed E-state index contributed by atoms with van der Waals surface area (Å²) in [7, 11) is 0. The van der Waals surface area contributed by atoms with E-state index in [9.17, 15) is 4.79 Å². The van der Waals surface area contributed by atoms with Gasteiger partial charge in [0.2, 0.25) is 5.91 Å². The molecule has 1 unspecified atom stereocenters. The highest BCUT2D eigenvalue weighted by molar-refractivity contribution is 5.78. The molecule has 1 saturated heterocycles. The number of carbonyl (C=O) groups excluding carboxylic acids is 1. The molecular weight excluding hydrogens is 314 g/mol. The van der Waals surface area contributed by atoms with Gasteiger partial charge in [-0.15, -0.1) is 0 Å². The van der Waals surface area contributed by atoms with Crippen LogP contribution in [-0.2, 0) is 11.3 Å². The van der Waals surface area contributed by atoms with Crippen molar-refractivity contribution in [3.8, 4) is 0 Å². The summed E-state index contributed by atoms with van der Waals surface area (Å²) in [6, 6.07) is 14.3. The minimum Gasteiger partial charge on any atom is -0.464 e. The molecule has 2 aromatic rings. The Hall–Kier alpha value is -2.11. The van der Waals surface area contributed by atoms with Crippen molar-refractivity contribution in [3.05, 3.63) is 59.5 Å². The molecule has 1 aliphatic heterocycles. The molecule has 2 heterocycles. The molecule has 25 heavy (non-hydrogen) atoms. The first-order valence-electron chi connectivity index (χ1n) is 8.94. The van der Waals surface area contributed by atoms with Crippen molar-refractivity contribution >= 4 is 5.91 Å². The van der Waals surface area contributed by atoms with Crippen molar-refractivity contribution in [2.45, 2.75) is 26.4 Å². The molecule has 1 aliphatic rings. The van der Waals surface area contributed by atoms with Gasteiger partial charge in [0, 0.05) is 32.7 Å². The fourth-order valence-corrected chi connectivity index (χ4v) is 3.19. The lowest BCUT2D eigenvalue weighted by Crippen LogP contribution is -2.49. The van der Waals surface area contributed by atoms with Gasteiger partial charge in [0.15, 0.2) is 0 Å². The van der Waals surface area contributed by atoms with Gasteiger partial charge >= 0.3 is 0 Å². The van der Waals surface area contributed by atoms with Gasteiger partial charge in [0.25, 0.3) is 0 Å². The van der Waals surface area contributed by atoms with E-state index in [1.165, 1.54) is 5.56 Å². The quantitative estimate of drug-likeness (QED) is 0.877. The zero-order valence-electron chi connectivity index (χ0n) is 15.1. The van der Waals surface area contributed by atoms with Crippen molar-refractivity contribution in [3.63, 3.8) is 0 Å². The number of nitrogens with one attached hydrogen (secondary N) is 1. The summed E-state index contributed by atoms with van der Waals surface area (Å²) in [6.45, 7) is 9.13. The fourth-order valence-electron chi connectivity index (χ4n) is 3.19. The van der Waals surface area contributed by atoms with Crippen LogP contribution in [0.25, 0.3) is 0 Å². The smallest absolute Gasteiger partial charge is 0.234 e. The number of hydrogen-bond donors (Lipinski definition) is 1. The van der Waals surface area contributed by atoms with Crippen LogP contribution in [0.5, 0.6) is 0 Å². The van der Waals surface area contributed by atoms with Crippen LogP contribution in [0, 0.1) is 6.92 Å². The van der Waals surface area contributed by atoms with Crippen molar-refractivity contribution < 1.29 is 9.21 Å². The first kappa shape index (κ1) is 17.7. The second-order valence-electron chi connectivity index (χ2n) is 6.78. The van der Waals surface area contributed by atoms with Crippen LogP contribution in [0.2, 0.25) is 0 Å². The van der Waals surface area contributed by atoms with Crippen LogP contribution < -0.4 is 5.32 Å². The number of nitrogens with zero attached hydrogens (tertiary/aromatic N) is 2. The highest BCUT2D eigenvalue weighted by Gasteiger charge is 2.20. The van der Waals surface area contributed by atoms with Gasteiger partial charge in [0.1, 0.15) is 11.5 Å². The minimum absolute atomic E-state index is 0.0538. The molecular formula is C20H27N3O2. The number of amides is 1. The van der Waals surface area contributed by atoms with Crippen molar-refractivity contribution in [1.29, 1.82) is 0 Å². The Morgan fingerprint density at radius 1 is 1.08 bits per heavy atom. The Kier molecular flexibility index (Phi) is 5.89. The predicted molar refractivity (Wildman–Crippen MR) is 98.2 cm³/mol. The number of piperazine rings is 1. The zero-order chi connectivity index (χ0) is 17.6. The third-order valence-corrected chi connectivity index (χ3v) is 4.65. The van der Waals surface area contributed by atoms with Gasteiger partial charge in [-0.05, 0) is 31.5 Å². The number of hydrogen-bond acceptors (Lipinski definition) is 4.